The third-order valence-corrected chi connectivity index (χ3v) is 1.63. The van der Waals surface area contributed by atoms with Gasteiger partial charge in [-0.1, -0.05) is 0 Å². The van der Waals surface area contributed by atoms with Crippen LogP contribution in [0.1, 0.15) is 19.8 Å². The molecule has 1 saturated heterocycles. The first kappa shape index (κ1) is 8.11. The molecule has 1 aliphatic heterocycles. The Morgan fingerprint density at radius 2 is 2.55 bits per heavy atom. The van der Waals surface area contributed by atoms with Crippen molar-refractivity contribution in [2.24, 2.45) is 0 Å². The van der Waals surface area contributed by atoms with Crippen molar-refractivity contribution in [2.75, 3.05) is 7.11 Å². The zero-order valence-corrected chi connectivity index (χ0v) is 6.79. The van der Waals surface area contributed by atoms with Gasteiger partial charge in [0.1, 0.15) is 5.76 Å². The molecule has 0 spiro atoms. The first-order valence-corrected chi connectivity index (χ1v) is 3.67. The molecule has 0 amide bonds. The molecule has 0 unspecified atom stereocenters. The van der Waals surface area contributed by atoms with Gasteiger partial charge in [0.2, 0.25) is 0 Å². The van der Waals surface area contributed by atoms with Gasteiger partial charge in [-0.25, -0.2) is 4.79 Å². The summed E-state index contributed by atoms with van der Waals surface area (Å²) in [4.78, 5) is 10.7. The Hall–Kier alpha value is -0.990. The predicted octanol–water partition coefficient (Wildman–Crippen LogP) is 1.24. The van der Waals surface area contributed by atoms with E-state index in [2.05, 4.69) is 4.74 Å². The van der Waals surface area contributed by atoms with Crippen molar-refractivity contribution in [3.63, 3.8) is 0 Å². The van der Waals surface area contributed by atoms with Crippen LogP contribution in [0.25, 0.3) is 0 Å². The summed E-state index contributed by atoms with van der Waals surface area (Å²) >= 11 is 0. The highest BCUT2D eigenvalue weighted by atomic mass is 16.5. The van der Waals surface area contributed by atoms with Crippen molar-refractivity contribution < 1.29 is 14.3 Å². The summed E-state index contributed by atoms with van der Waals surface area (Å²) in [7, 11) is 1.36. The fourth-order valence-corrected chi connectivity index (χ4v) is 1.02. The molecule has 3 nitrogen and oxygen atoms in total. The molecule has 0 aliphatic carbocycles. The maximum atomic E-state index is 10.7. The van der Waals surface area contributed by atoms with Gasteiger partial charge in [-0.15, -0.1) is 0 Å². The van der Waals surface area contributed by atoms with Crippen LogP contribution < -0.4 is 0 Å². The standard InChI is InChI=1S/C8H12O3/c1-6-3-4-7(11-6)5-8(9)10-2/h5-6H,3-4H2,1-2H3/b7-5+/t6-/m0/s1. The van der Waals surface area contributed by atoms with Gasteiger partial charge in [0.05, 0.1) is 19.3 Å². The van der Waals surface area contributed by atoms with E-state index >= 15 is 0 Å². The van der Waals surface area contributed by atoms with Gasteiger partial charge in [0, 0.05) is 6.42 Å². The summed E-state index contributed by atoms with van der Waals surface area (Å²) in [5.74, 6) is 0.401. The number of carbonyl (C=O) groups is 1. The second kappa shape index (κ2) is 3.42. The summed E-state index contributed by atoms with van der Waals surface area (Å²) in [6.07, 6.45) is 3.48. The van der Waals surface area contributed by atoms with Crippen LogP contribution in [0, 0.1) is 0 Å². The van der Waals surface area contributed by atoms with Gasteiger partial charge in [0.15, 0.2) is 0 Å². The van der Waals surface area contributed by atoms with Crippen LogP contribution >= 0.6 is 0 Å². The third-order valence-electron chi connectivity index (χ3n) is 1.63. The Bertz CT molecular complexity index is 184. The second-order valence-corrected chi connectivity index (χ2v) is 2.60. The van der Waals surface area contributed by atoms with E-state index in [1.807, 2.05) is 6.92 Å². The van der Waals surface area contributed by atoms with E-state index in [4.69, 9.17) is 4.74 Å². The summed E-state index contributed by atoms with van der Waals surface area (Å²) in [6.45, 7) is 1.98. The number of carbonyl (C=O) groups excluding carboxylic acids is 1. The zero-order chi connectivity index (χ0) is 8.27. The number of hydrogen-bond acceptors (Lipinski definition) is 3. The van der Waals surface area contributed by atoms with Crippen LogP contribution in [0.4, 0.5) is 0 Å². The average molecular weight is 156 g/mol. The molecular weight excluding hydrogens is 144 g/mol. The highest BCUT2D eigenvalue weighted by molar-refractivity contribution is 5.82. The molecule has 0 aromatic rings. The van der Waals surface area contributed by atoms with Crippen molar-refractivity contribution in [3.05, 3.63) is 11.8 Å². The Balaban J connectivity index is 2.48. The molecule has 0 saturated carbocycles. The van der Waals surface area contributed by atoms with Crippen LogP contribution in [0.3, 0.4) is 0 Å². The van der Waals surface area contributed by atoms with Crippen LogP contribution in [0.2, 0.25) is 0 Å². The molecule has 11 heavy (non-hydrogen) atoms. The largest absolute Gasteiger partial charge is 0.495 e. The van der Waals surface area contributed by atoms with Crippen LogP contribution in [0.15, 0.2) is 11.8 Å². The molecule has 0 N–H and O–H groups in total. The van der Waals surface area contributed by atoms with Crippen molar-refractivity contribution in [2.45, 2.75) is 25.9 Å². The number of esters is 1. The number of methoxy groups -OCH3 is 1. The van der Waals surface area contributed by atoms with E-state index in [1.165, 1.54) is 13.2 Å². The minimum atomic E-state index is -0.339. The Morgan fingerprint density at radius 1 is 1.82 bits per heavy atom. The summed E-state index contributed by atoms with van der Waals surface area (Å²) in [6, 6.07) is 0. The number of rotatable bonds is 1. The van der Waals surface area contributed by atoms with E-state index in [9.17, 15) is 4.79 Å². The lowest BCUT2D eigenvalue weighted by Crippen LogP contribution is -1.98. The molecule has 3 heteroatoms. The Morgan fingerprint density at radius 3 is 3.00 bits per heavy atom. The summed E-state index contributed by atoms with van der Waals surface area (Å²) < 4.78 is 9.75. The molecule has 62 valence electrons. The number of allylic oxidation sites excluding steroid dienone is 1. The van der Waals surface area contributed by atoms with E-state index in [1.54, 1.807) is 0 Å². The zero-order valence-electron chi connectivity index (χ0n) is 6.79. The molecule has 0 aromatic carbocycles. The SMILES string of the molecule is COC(=O)/C=C1\CC[C@H](C)O1. The quantitative estimate of drug-likeness (QED) is 0.423. The molecule has 0 radical (unpaired) electrons. The van der Waals surface area contributed by atoms with Gasteiger partial charge < -0.3 is 9.47 Å². The van der Waals surface area contributed by atoms with Gasteiger partial charge in [-0.2, -0.15) is 0 Å². The first-order chi connectivity index (χ1) is 5.22. The Labute approximate surface area is 66.0 Å². The fraction of sp³-hybridized carbons (Fsp3) is 0.625. The van der Waals surface area contributed by atoms with Gasteiger partial charge >= 0.3 is 5.97 Å². The monoisotopic (exact) mass is 156 g/mol. The minimum Gasteiger partial charge on any atom is -0.495 e. The second-order valence-electron chi connectivity index (χ2n) is 2.60. The molecule has 0 bridgehead atoms. The van der Waals surface area contributed by atoms with E-state index < -0.39 is 0 Å². The summed E-state index contributed by atoms with van der Waals surface area (Å²) in [5, 5.41) is 0. The molecule has 1 fully saturated rings. The molecule has 1 atom stereocenters. The van der Waals surface area contributed by atoms with Crippen molar-refractivity contribution in [3.8, 4) is 0 Å². The lowest BCUT2D eigenvalue weighted by molar-refractivity contribution is -0.135. The lowest BCUT2D eigenvalue weighted by Gasteiger charge is -2.01. The maximum absolute atomic E-state index is 10.7. The van der Waals surface area contributed by atoms with Gasteiger partial charge in [-0.05, 0) is 13.3 Å². The molecular formula is C8H12O3. The topological polar surface area (TPSA) is 35.5 Å². The van der Waals surface area contributed by atoms with Crippen LogP contribution in [-0.4, -0.2) is 19.2 Å². The minimum absolute atomic E-state index is 0.242. The molecule has 1 heterocycles. The lowest BCUT2D eigenvalue weighted by atomic mass is 10.2. The average Bonchev–Trinajstić information content (AvgIpc) is 2.35. The molecule has 1 rings (SSSR count). The molecule has 0 aromatic heterocycles. The van der Waals surface area contributed by atoms with Gasteiger partial charge in [0.25, 0.3) is 0 Å². The first-order valence-electron chi connectivity index (χ1n) is 3.67. The normalized spacial score (nSPS) is 26.7. The van der Waals surface area contributed by atoms with Crippen molar-refractivity contribution >= 4 is 5.97 Å². The summed E-state index contributed by atoms with van der Waals surface area (Å²) in [5.41, 5.74) is 0. The smallest absolute Gasteiger partial charge is 0.333 e. The predicted molar refractivity (Wildman–Crippen MR) is 39.9 cm³/mol. The van der Waals surface area contributed by atoms with Crippen molar-refractivity contribution in [1.29, 1.82) is 0 Å². The van der Waals surface area contributed by atoms with Crippen molar-refractivity contribution in [1.82, 2.24) is 0 Å². The highest BCUT2D eigenvalue weighted by Gasteiger charge is 2.16. The Kier molecular flexibility index (Phi) is 2.52. The van der Waals surface area contributed by atoms with Crippen LogP contribution in [0.5, 0.6) is 0 Å². The highest BCUT2D eigenvalue weighted by Crippen LogP contribution is 2.21. The molecule has 1 aliphatic rings. The maximum Gasteiger partial charge on any atom is 0.333 e. The van der Waals surface area contributed by atoms with E-state index in [0.717, 1.165) is 18.6 Å². The van der Waals surface area contributed by atoms with Crippen LogP contribution in [-0.2, 0) is 14.3 Å². The third kappa shape index (κ3) is 2.26. The van der Waals surface area contributed by atoms with Gasteiger partial charge in [-0.3, -0.25) is 0 Å². The van der Waals surface area contributed by atoms with E-state index in [-0.39, 0.29) is 12.1 Å². The fourth-order valence-electron chi connectivity index (χ4n) is 1.02. The van der Waals surface area contributed by atoms with E-state index in [0.29, 0.717) is 0 Å². The number of ether oxygens (including phenoxy) is 2. The number of hydrogen-bond donors (Lipinski definition) is 0.